The Hall–Kier alpha value is -2.45. The Morgan fingerprint density at radius 2 is 2.22 bits per heavy atom. The summed E-state index contributed by atoms with van der Waals surface area (Å²) >= 11 is 11.8. The smallest absolute Gasteiger partial charge is 0.283 e. The number of amides is 1. The second-order valence-electron chi connectivity index (χ2n) is 6.56. The van der Waals surface area contributed by atoms with Crippen molar-refractivity contribution in [3.63, 3.8) is 0 Å². The van der Waals surface area contributed by atoms with Gasteiger partial charge in [0.15, 0.2) is 0 Å². The van der Waals surface area contributed by atoms with Gasteiger partial charge in [0.25, 0.3) is 11.9 Å². The number of nitrogens with one attached hydrogen (secondary N) is 1. The molecule has 1 aliphatic heterocycles. The Balaban J connectivity index is 1.65. The highest BCUT2D eigenvalue weighted by Crippen LogP contribution is 2.52. The number of anilines is 1. The molecule has 4 rings (SSSR count). The largest absolute Gasteiger partial charge is 0.462 e. The molecule has 3 N–H and O–H groups in total. The quantitative estimate of drug-likeness (QED) is 0.810. The number of pyridine rings is 2. The van der Waals surface area contributed by atoms with Gasteiger partial charge in [0.05, 0.1) is 10.0 Å². The number of carbonyl (C=O) groups excluding carboxylic acids is 1. The molecule has 0 unspecified atom stereocenters. The summed E-state index contributed by atoms with van der Waals surface area (Å²) in [5.74, 6) is -1.01. The highest BCUT2D eigenvalue weighted by Gasteiger charge is 2.58. The second kappa shape index (κ2) is 6.31. The van der Waals surface area contributed by atoms with Gasteiger partial charge >= 0.3 is 0 Å². The van der Waals surface area contributed by atoms with Crippen molar-refractivity contribution in [1.29, 1.82) is 0 Å². The summed E-state index contributed by atoms with van der Waals surface area (Å²) < 4.78 is 19.9. The Bertz CT molecular complexity index is 986. The van der Waals surface area contributed by atoms with E-state index in [1.54, 1.807) is 6.92 Å². The maximum absolute atomic E-state index is 14.5. The van der Waals surface area contributed by atoms with Gasteiger partial charge in [0.2, 0.25) is 0 Å². The Morgan fingerprint density at radius 1 is 1.44 bits per heavy atom. The van der Waals surface area contributed by atoms with E-state index < -0.39 is 17.3 Å². The predicted molar refractivity (Wildman–Crippen MR) is 98.4 cm³/mol. The molecule has 1 aliphatic carbocycles. The van der Waals surface area contributed by atoms with E-state index in [-0.39, 0.29) is 40.3 Å². The molecule has 1 fully saturated rings. The maximum Gasteiger partial charge on any atom is 0.283 e. The molecule has 1 amide bonds. The minimum atomic E-state index is -0.964. The van der Waals surface area contributed by atoms with Crippen LogP contribution < -0.4 is 11.1 Å². The zero-order valence-corrected chi connectivity index (χ0v) is 15.6. The van der Waals surface area contributed by atoms with E-state index in [0.717, 1.165) is 0 Å². The highest BCUT2D eigenvalue weighted by atomic mass is 35.5. The van der Waals surface area contributed by atoms with E-state index in [1.807, 2.05) is 0 Å². The van der Waals surface area contributed by atoms with Crippen LogP contribution in [0, 0.1) is 11.7 Å². The number of amidine groups is 1. The number of aromatic nitrogens is 2. The van der Waals surface area contributed by atoms with Gasteiger partial charge in [-0.1, -0.05) is 23.2 Å². The fraction of sp³-hybridized carbons (Fsp3) is 0.294. The molecule has 140 valence electrons. The number of hydrogen-bond donors (Lipinski definition) is 2. The van der Waals surface area contributed by atoms with Crippen LogP contribution in [0.3, 0.4) is 0 Å². The summed E-state index contributed by atoms with van der Waals surface area (Å²) in [7, 11) is 0. The fourth-order valence-corrected chi connectivity index (χ4v) is 3.71. The molecule has 2 aromatic heterocycles. The van der Waals surface area contributed by atoms with E-state index in [0.29, 0.717) is 11.4 Å². The van der Waals surface area contributed by atoms with Crippen LogP contribution in [0.5, 0.6) is 0 Å². The molecule has 2 aromatic rings. The van der Waals surface area contributed by atoms with Gasteiger partial charge in [-0.15, -0.1) is 0 Å². The van der Waals surface area contributed by atoms with E-state index in [2.05, 4.69) is 20.3 Å². The van der Waals surface area contributed by atoms with Gasteiger partial charge in [-0.3, -0.25) is 4.79 Å². The van der Waals surface area contributed by atoms with Gasteiger partial charge in [0.1, 0.15) is 34.7 Å². The Morgan fingerprint density at radius 3 is 2.96 bits per heavy atom. The molecule has 27 heavy (non-hydrogen) atoms. The summed E-state index contributed by atoms with van der Waals surface area (Å²) in [5, 5.41) is 2.96. The summed E-state index contributed by atoms with van der Waals surface area (Å²) in [6.45, 7) is 1.75. The van der Waals surface area contributed by atoms with E-state index in [9.17, 15) is 9.18 Å². The van der Waals surface area contributed by atoms with Crippen LogP contribution in [0.2, 0.25) is 10.0 Å². The first-order valence-electron chi connectivity index (χ1n) is 8.09. The molecular formula is C17H14Cl2FN5O2. The minimum absolute atomic E-state index is 0.00374. The molecular weight excluding hydrogens is 396 g/mol. The van der Waals surface area contributed by atoms with Crippen molar-refractivity contribution < 1.29 is 13.9 Å². The van der Waals surface area contributed by atoms with Crippen LogP contribution in [0.25, 0.3) is 0 Å². The maximum atomic E-state index is 14.5. The highest BCUT2D eigenvalue weighted by molar-refractivity contribution is 6.36. The van der Waals surface area contributed by atoms with Crippen molar-refractivity contribution in [2.75, 3.05) is 5.32 Å². The Kier molecular flexibility index (Phi) is 4.20. The van der Waals surface area contributed by atoms with Gasteiger partial charge in [-0.05, 0) is 31.5 Å². The van der Waals surface area contributed by atoms with Crippen LogP contribution in [0.1, 0.15) is 29.5 Å². The summed E-state index contributed by atoms with van der Waals surface area (Å²) in [6, 6.07) is 3.98. The molecule has 0 aromatic carbocycles. The summed E-state index contributed by atoms with van der Waals surface area (Å²) in [5.41, 5.74) is 4.82. The summed E-state index contributed by atoms with van der Waals surface area (Å²) in [4.78, 5) is 24.9. The van der Waals surface area contributed by atoms with Crippen LogP contribution in [0.4, 0.5) is 10.2 Å². The predicted octanol–water partition coefficient (Wildman–Crippen LogP) is 3.12. The van der Waals surface area contributed by atoms with Gasteiger partial charge in [-0.2, -0.15) is 0 Å². The Labute approximate surface area is 163 Å². The van der Waals surface area contributed by atoms with Gasteiger partial charge < -0.3 is 15.8 Å². The molecule has 10 heteroatoms. The third-order valence-electron chi connectivity index (χ3n) is 4.66. The van der Waals surface area contributed by atoms with Crippen molar-refractivity contribution in [2.45, 2.75) is 25.0 Å². The lowest BCUT2D eigenvalue weighted by molar-refractivity contribution is 0.102. The number of nitrogens with zero attached hydrogens (tertiary/aromatic N) is 3. The molecule has 1 saturated carbocycles. The molecule has 0 spiro atoms. The van der Waals surface area contributed by atoms with E-state index in [4.69, 9.17) is 33.7 Å². The van der Waals surface area contributed by atoms with Crippen molar-refractivity contribution in [1.82, 2.24) is 9.97 Å². The number of rotatable bonds is 3. The first kappa shape index (κ1) is 17.9. The normalized spacial score (nSPS) is 25.9. The SMILES string of the molecule is C[C@]1(c2nc(NC(=O)c3ncc(Cl)cc3Cl)ccc2F)N=C(N)O[C@H]2C[C@H]21. The average Bonchev–Trinajstić information content (AvgIpc) is 3.36. The monoisotopic (exact) mass is 409 g/mol. The van der Waals surface area contributed by atoms with Crippen molar-refractivity contribution in [3.8, 4) is 0 Å². The molecule has 3 atom stereocenters. The first-order valence-corrected chi connectivity index (χ1v) is 8.85. The molecule has 0 bridgehead atoms. The standard InChI is InChI=1S/C17H14Cl2FN5O2/c1-17(8-5-11(8)27-16(21)25-17)14-10(20)2-3-12(23-14)24-15(26)13-9(19)4-7(18)6-22-13/h2-4,6,8,11H,5H2,1H3,(H2,21,25)(H,23,24,26)/t8-,11+,17+/m1/s1. The van der Waals surface area contributed by atoms with Gasteiger partial charge in [0, 0.05) is 12.1 Å². The molecule has 7 nitrogen and oxygen atoms in total. The lowest BCUT2D eigenvalue weighted by atomic mass is 9.90. The number of carbonyl (C=O) groups is 1. The number of nitrogens with two attached hydrogens (primary N) is 1. The van der Waals surface area contributed by atoms with E-state index >= 15 is 0 Å². The summed E-state index contributed by atoms with van der Waals surface area (Å²) in [6.07, 6.45) is 1.92. The van der Waals surface area contributed by atoms with Crippen molar-refractivity contribution in [2.24, 2.45) is 16.6 Å². The number of aliphatic imine (C=N–C) groups is 1. The van der Waals surface area contributed by atoms with Crippen LogP contribution >= 0.6 is 23.2 Å². The van der Waals surface area contributed by atoms with Gasteiger partial charge in [-0.25, -0.2) is 19.4 Å². The molecule has 2 aliphatic rings. The first-order chi connectivity index (χ1) is 12.8. The number of hydrogen-bond acceptors (Lipinski definition) is 6. The number of fused-ring (bicyclic) bond motifs is 1. The van der Waals surface area contributed by atoms with Crippen LogP contribution in [-0.4, -0.2) is 28.0 Å². The van der Waals surface area contributed by atoms with Crippen LogP contribution in [-0.2, 0) is 10.3 Å². The third kappa shape index (κ3) is 3.19. The topological polar surface area (TPSA) is 102 Å². The zero-order valence-electron chi connectivity index (χ0n) is 14.0. The minimum Gasteiger partial charge on any atom is -0.462 e. The lowest BCUT2D eigenvalue weighted by Crippen LogP contribution is -2.36. The molecule has 0 radical (unpaired) electrons. The lowest BCUT2D eigenvalue weighted by Gasteiger charge is -2.29. The average molecular weight is 410 g/mol. The van der Waals surface area contributed by atoms with Crippen LogP contribution in [0.15, 0.2) is 29.4 Å². The number of ether oxygens (including phenoxy) is 1. The molecule has 0 saturated heterocycles. The fourth-order valence-electron chi connectivity index (χ4n) is 3.24. The second-order valence-corrected chi connectivity index (χ2v) is 7.40. The zero-order chi connectivity index (χ0) is 19.3. The van der Waals surface area contributed by atoms with E-state index in [1.165, 1.54) is 24.4 Å². The third-order valence-corrected chi connectivity index (χ3v) is 5.15. The molecule has 3 heterocycles. The van der Waals surface area contributed by atoms with Crippen molar-refractivity contribution in [3.05, 3.63) is 51.6 Å². The van der Waals surface area contributed by atoms with Crippen molar-refractivity contribution >= 4 is 40.9 Å². The number of halogens is 3.